The van der Waals surface area contributed by atoms with Crippen molar-refractivity contribution in [3.05, 3.63) is 47.5 Å². The van der Waals surface area contributed by atoms with Crippen LogP contribution in [0.1, 0.15) is 12.0 Å². The molecule has 0 bridgehead atoms. The molecular weight excluding hydrogens is 271 g/mol. The van der Waals surface area contributed by atoms with Crippen LogP contribution >= 0.6 is 24.0 Å². The van der Waals surface area contributed by atoms with E-state index in [2.05, 4.69) is 4.98 Å². The Morgan fingerprint density at radius 1 is 1.39 bits per heavy atom. The monoisotopic (exact) mass is 286 g/mol. The average molecular weight is 287 g/mol. The number of benzene rings is 1. The highest BCUT2D eigenvalue weighted by Gasteiger charge is 2.01. The fourth-order valence-electron chi connectivity index (χ4n) is 1.57. The molecular formula is C13H16Cl2N2O. The summed E-state index contributed by atoms with van der Waals surface area (Å²) in [5.74, 6) is 0.753. The third-order valence-electron chi connectivity index (χ3n) is 2.46. The summed E-state index contributed by atoms with van der Waals surface area (Å²) in [6.07, 6.45) is 6.45. The van der Waals surface area contributed by atoms with E-state index in [0.717, 1.165) is 24.3 Å². The maximum Gasteiger partial charge on any atom is 0.137 e. The molecule has 0 amide bonds. The van der Waals surface area contributed by atoms with Crippen LogP contribution in [-0.2, 0) is 6.54 Å². The molecule has 1 aromatic carbocycles. The first-order valence-corrected chi connectivity index (χ1v) is 5.98. The quantitative estimate of drug-likeness (QED) is 0.783. The molecule has 0 unspecified atom stereocenters. The fourth-order valence-corrected chi connectivity index (χ4v) is 1.86. The molecule has 0 aliphatic carbocycles. The first kappa shape index (κ1) is 14.9. The summed E-state index contributed by atoms with van der Waals surface area (Å²) in [6, 6.07) is 5.82. The van der Waals surface area contributed by atoms with Crippen LogP contribution in [0.15, 0.2) is 36.9 Å². The molecule has 5 heteroatoms. The predicted molar refractivity (Wildman–Crippen MR) is 75.8 cm³/mol. The van der Waals surface area contributed by atoms with Crippen molar-refractivity contribution in [2.45, 2.75) is 19.9 Å². The van der Waals surface area contributed by atoms with Crippen LogP contribution in [0.3, 0.4) is 0 Å². The molecule has 0 atom stereocenters. The largest absolute Gasteiger partial charge is 0.492 e. The van der Waals surface area contributed by atoms with Crippen molar-refractivity contribution < 1.29 is 4.74 Å². The molecule has 0 spiro atoms. The molecule has 0 N–H and O–H groups in total. The SMILES string of the molecule is Cc1ccc(OCCCn2ccnc2)c(Cl)c1.Cl. The lowest BCUT2D eigenvalue weighted by Gasteiger charge is -2.08. The molecule has 2 aromatic rings. The highest BCUT2D eigenvalue weighted by atomic mass is 35.5. The van der Waals surface area contributed by atoms with E-state index >= 15 is 0 Å². The van der Waals surface area contributed by atoms with E-state index in [0.29, 0.717) is 11.6 Å². The Balaban J connectivity index is 0.00000162. The minimum atomic E-state index is 0. The Morgan fingerprint density at radius 2 is 2.22 bits per heavy atom. The van der Waals surface area contributed by atoms with Crippen molar-refractivity contribution in [3.63, 3.8) is 0 Å². The number of imidazole rings is 1. The highest BCUT2D eigenvalue weighted by molar-refractivity contribution is 6.32. The summed E-state index contributed by atoms with van der Waals surface area (Å²) in [5, 5.41) is 0.674. The van der Waals surface area contributed by atoms with E-state index in [1.54, 1.807) is 12.5 Å². The van der Waals surface area contributed by atoms with Crippen molar-refractivity contribution in [1.82, 2.24) is 9.55 Å². The van der Waals surface area contributed by atoms with Crippen LogP contribution in [-0.4, -0.2) is 16.2 Å². The van der Waals surface area contributed by atoms with Crippen LogP contribution in [0.2, 0.25) is 5.02 Å². The van der Waals surface area contributed by atoms with Gasteiger partial charge in [-0.3, -0.25) is 0 Å². The zero-order valence-electron chi connectivity index (χ0n) is 10.2. The average Bonchev–Trinajstić information content (AvgIpc) is 2.79. The molecule has 0 aliphatic heterocycles. The predicted octanol–water partition coefficient (Wildman–Crippen LogP) is 3.74. The lowest BCUT2D eigenvalue weighted by atomic mass is 10.2. The summed E-state index contributed by atoms with van der Waals surface area (Å²) in [7, 11) is 0. The van der Waals surface area contributed by atoms with Gasteiger partial charge in [-0.15, -0.1) is 12.4 Å². The number of halogens is 2. The summed E-state index contributed by atoms with van der Waals surface area (Å²) in [4.78, 5) is 3.98. The Bertz CT molecular complexity index is 472. The van der Waals surface area contributed by atoms with Crippen molar-refractivity contribution in [2.75, 3.05) is 6.61 Å². The van der Waals surface area contributed by atoms with Gasteiger partial charge in [0, 0.05) is 18.9 Å². The second-order valence-electron chi connectivity index (χ2n) is 3.94. The standard InChI is InChI=1S/C13H15ClN2O.ClH/c1-11-3-4-13(12(14)9-11)17-8-2-6-16-7-5-15-10-16;/h3-5,7,9-10H,2,6,8H2,1H3;1H. The van der Waals surface area contributed by atoms with Crippen LogP contribution in [0.4, 0.5) is 0 Å². The lowest BCUT2D eigenvalue weighted by Crippen LogP contribution is -2.03. The van der Waals surface area contributed by atoms with Crippen LogP contribution in [0.5, 0.6) is 5.75 Å². The number of hydrogen-bond acceptors (Lipinski definition) is 2. The molecule has 1 aromatic heterocycles. The molecule has 98 valence electrons. The van der Waals surface area contributed by atoms with Crippen LogP contribution in [0.25, 0.3) is 0 Å². The van der Waals surface area contributed by atoms with Crippen molar-refractivity contribution in [2.24, 2.45) is 0 Å². The van der Waals surface area contributed by atoms with Gasteiger partial charge in [-0.25, -0.2) is 4.98 Å². The number of rotatable bonds is 5. The van der Waals surface area contributed by atoms with Crippen molar-refractivity contribution in [1.29, 1.82) is 0 Å². The molecule has 0 aliphatic rings. The molecule has 1 heterocycles. The van der Waals surface area contributed by atoms with Gasteiger partial charge in [-0.05, 0) is 31.0 Å². The first-order chi connectivity index (χ1) is 8.25. The summed E-state index contributed by atoms with van der Waals surface area (Å²) in [5.41, 5.74) is 1.14. The lowest BCUT2D eigenvalue weighted by molar-refractivity contribution is 0.302. The topological polar surface area (TPSA) is 27.1 Å². The van der Waals surface area contributed by atoms with Gasteiger partial charge in [0.2, 0.25) is 0 Å². The smallest absolute Gasteiger partial charge is 0.137 e. The minimum absolute atomic E-state index is 0. The number of hydrogen-bond donors (Lipinski definition) is 0. The van der Waals surface area contributed by atoms with Gasteiger partial charge in [0.1, 0.15) is 5.75 Å². The van der Waals surface area contributed by atoms with E-state index in [1.807, 2.05) is 35.9 Å². The number of aromatic nitrogens is 2. The highest BCUT2D eigenvalue weighted by Crippen LogP contribution is 2.25. The van der Waals surface area contributed by atoms with E-state index in [-0.39, 0.29) is 12.4 Å². The maximum atomic E-state index is 6.07. The summed E-state index contributed by atoms with van der Waals surface area (Å²) in [6.45, 7) is 3.57. The van der Waals surface area contributed by atoms with Gasteiger partial charge >= 0.3 is 0 Å². The first-order valence-electron chi connectivity index (χ1n) is 5.60. The molecule has 2 rings (SSSR count). The van der Waals surface area contributed by atoms with Gasteiger partial charge in [-0.2, -0.15) is 0 Å². The molecule has 18 heavy (non-hydrogen) atoms. The van der Waals surface area contributed by atoms with E-state index < -0.39 is 0 Å². The van der Waals surface area contributed by atoms with Gasteiger partial charge in [0.25, 0.3) is 0 Å². The van der Waals surface area contributed by atoms with Crippen molar-refractivity contribution in [3.8, 4) is 5.75 Å². The van der Waals surface area contributed by atoms with E-state index in [9.17, 15) is 0 Å². The minimum Gasteiger partial charge on any atom is -0.492 e. The Morgan fingerprint density at radius 3 is 2.89 bits per heavy atom. The zero-order chi connectivity index (χ0) is 12.1. The number of aryl methyl sites for hydroxylation is 2. The number of ether oxygens (including phenoxy) is 1. The molecule has 0 saturated carbocycles. The molecule has 0 fully saturated rings. The maximum absolute atomic E-state index is 6.07. The van der Waals surface area contributed by atoms with Gasteiger partial charge < -0.3 is 9.30 Å². The third kappa shape index (κ3) is 4.24. The Labute approximate surface area is 118 Å². The zero-order valence-corrected chi connectivity index (χ0v) is 11.7. The van der Waals surface area contributed by atoms with Gasteiger partial charge in [0.05, 0.1) is 18.0 Å². The second kappa shape index (κ2) is 7.29. The fraction of sp³-hybridized carbons (Fsp3) is 0.308. The summed E-state index contributed by atoms with van der Waals surface area (Å²) >= 11 is 6.07. The second-order valence-corrected chi connectivity index (χ2v) is 4.34. The van der Waals surface area contributed by atoms with E-state index in [1.165, 1.54) is 0 Å². The molecule has 0 radical (unpaired) electrons. The molecule has 0 saturated heterocycles. The number of nitrogens with zero attached hydrogens (tertiary/aromatic N) is 2. The summed E-state index contributed by atoms with van der Waals surface area (Å²) < 4.78 is 7.65. The normalized spacial score (nSPS) is 9.89. The van der Waals surface area contributed by atoms with Crippen molar-refractivity contribution >= 4 is 24.0 Å². The molecule has 3 nitrogen and oxygen atoms in total. The van der Waals surface area contributed by atoms with Gasteiger partial charge in [0.15, 0.2) is 0 Å². The Hall–Kier alpha value is -1.19. The third-order valence-corrected chi connectivity index (χ3v) is 2.76. The van der Waals surface area contributed by atoms with Gasteiger partial charge in [-0.1, -0.05) is 17.7 Å². The van der Waals surface area contributed by atoms with Crippen LogP contribution in [0, 0.1) is 6.92 Å². The van der Waals surface area contributed by atoms with E-state index in [4.69, 9.17) is 16.3 Å². The Kier molecular flexibility index (Phi) is 6.02. The van der Waals surface area contributed by atoms with Crippen LogP contribution < -0.4 is 4.74 Å².